The molecule has 3 nitrogen and oxygen atoms in total. The van der Waals surface area contributed by atoms with Crippen LogP contribution in [0.25, 0.3) is 0 Å². The molecule has 3 rings (SSSR count). The van der Waals surface area contributed by atoms with E-state index in [-0.39, 0.29) is 24.8 Å². The van der Waals surface area contributed by atoms with Crippen molar-refractivity contribution in [2.45, 2.75) is 25.7 Å². The minimum Gasteiger partial charge on any atom is -0.314 e. The molecule has 0 atom stereocenters. The lowest BCUT2D eigenvalue weighted by atomic mass is 10.3. The van der Waals surface area contributed by atoms with E-state index >= 15 is 0 Å². The Morgan fingerprint density at radius 3 is 1.89 bits per heavy atom. The maximum atomic E-state index is 3.43. The highest BCUT2D eigenvalue weighted by Crippen LogP contribution is 2.33. The van der Waals surface area contributed by atoms with Crippen LogP contribution in [0.15, 0.2) is 0 Å². The summed E-state index contributed by atoms with van der Waals surface area (Å²) in [4.78, 5) is 5.39. The third-order valence-corrected chi connectivity index (χ3v) is 4.37. The lowest BCUT2D eigenvalue weighted by molar-refractivity contribution is 0.180. The normalized spacial score (nSPS) is 23.8. The van der Waals surface area contributed by atoms with Gasteiger partial charge in [0, 0.05) is 52.4 Å². The van der Waals surface area contributed by atoms with Crippen LogP contribution in [-0.2, 0) is 0 Å². The summed E-state index contributed by atoms with van der Waals surface area (Å²) in [7, 11) is 0. The molecule has 3 aliphatic rings. The first kappa shape index (κ1) is 17.5. The van der Waals surface area contributed by atoms with Gasteiger partial charge in [-0.1, -0.05) is 0 Å². The van der Waals surface area contributed by atoms with Crippen molar-refractivity contribution in [2.24, 2.45) is 11.8 Å². The van der Waals surface area contributed by atoms with Crippen LogP contribution >= 0.6 is 24.8 Å². The van der Waals surface area contributed by atoms with Gasteiger partial charge >= 0.3 is 0 Å². The molecule has 0 amide bonds. The van der Waals surface area contributed by atoms with E-state index in [1.54, 1.807) is 0 Å². The third kappa shape index (κ3) is 6.63. The average molecular weight is 310 g/mol. The van der Waals surface area contributed by atoms with Crippen LogP contribution in [0.2, 0.25) is 0 Å². The standard InChI is InChI=1S/C14H27N3.2ClH/c1-2-13(1)11-17(12-14-3-4-14)10-9-16-7-5-15-6-8-16;;/h13-15H,1-12H2;2*1H. The number of nitrogens with one attached hydrogen (secondary N) is 1. The van der Waals surface area contributed by atoms with E-state index in [1.165, 1.54) is 78.0 Å². The smallest absolute Gasteiger partial charge is 0.0110 e. The summed E-state index contributed by atoms with van der Waals surface area (Å²) in [5.41, 5.74) is 0. The lowest BCUT2D eigenvalue weighted by Gasteiger charge is -2.30. The predicted molar refractivity (Wildman–Crippen MR) is 85.7 cm³/mol. The quantitative estimate of drug-likeness (QED) is 0.774. The van der Waals surface area contributed by atoms with Crippen molar-refractivity contribution in [1.29, 1.82) is 0 Å². The van der Waals surface area contributed by atoms with E-state index in [0.717, 1.165) is 11.8 Å². The highest BCUT2D eigenvalue weighted by Gasteiger charge is 2.29. The largest absolute Gasteiger partial charge is 0.314 e. The van der Waals surface area contributed by atoms with Gasteiger partial charge in [-0.3, -0.25) is 4.90 Å². The summed E-state index contributed by atoms with van der Waals surface area (Å²) in [6, 6.07) is 0. The second-order valence-corrected chi connectivity index (χ2v) is 6.24. The zero-order chi connectivity index (χ0) is 11.5. The zero-order valence-electron chi connectivity index (χ0n) is 11.9. The molecule has 1 N–H and O–H groups in total. The topological polar surface area (TPSA) is 18.5 Å². The molecular formula is C14H29Cl2N3. The van der Waals surface area contributed by atoms with Crippen LogP contribution in [0.3, 0.4) is 0 Å². The summed E-state index contributed by atoms with van der Waals surface area (Å²) in [5.74, 6) is 2.11. The minimum atomic E-state index is 0. The fourth-order valence-electron chi connectivity index (χ4n) is 2.81. The predicted octanol–water partition coefficient (Wildman–Crippen LogP) is 1.86. The van der Waals surface area contributed by atoms with E-state index in [1.807, 2.05) is 0 Å². The summed E-state index contributed by atoms with van der Waals surface area (Å²) >= 11 is 0. The molecular weight excluding hydrogens is 281 g/mol. The molecule has 0 aromatic carbocycles. The Morgan fingerprint density at radius 1 is 0.895 bits per heavy atom. The fraction of sp³-hybridized carbons (Fsp3) is 1.00. The number of hydrogen-bond acceptors (Lipinski definition) is 3. The number of nitrogens with zero attached hydrogens (tertiary/aromatic N) is 2. The summed E-state index contributed by atoms with van der Waals surface area (Å²) in [5, 5.41) is 3.43. The fourth-order valence-corrected chi connectivity index (χ4v) is 2.81. The molecule has 1 heterocycles. The molecule has 3 fully saturated rings. The van der Waals surface area contributed by atoms with Crippen molar-refractivity contribution >= 4 is 24.8 Å². The van der Waals surface area contributed by atoms with Gasteiger partial charge in [0.15, 0.2) is 0 Å². The zero-order valence-corrected chi connectivity index (χ0v) is 13.5. The van der Waals surface area contributed by atoms with Crippen LogP contribution in [-0.4, -0.2) is 62.2 Å². The molecule has 0 bridgehead atoms. The Hall–Kier alpha value is 0.460. The van der Waals surface area contributed by atoms with E-state index in [4.69, 9.17) is 0 Å². The number of halogens is 2. The second kappa shape index (κ2) is 8.68. The van der Waals surface area contributed by atoms with Gasteiger partial charge in [-0.05, 0) is 37.5 Å². The van der Waals surface area contributed by atoms with Crippen molar-refractivity contribution in [2.75, 3.05) is 52.4 Å². The molecule has 5 heteroatoms. The van der Waals surface area contributed by atoms with Crippen molar-refractivity contribution in [3.63, 3.8) is 0 Å². The van der Waals surface area contributed by atoms with E-state index < -0.39 is 0 Å². The van der Waals surface area contributed by atoms with Crippen molar-refractivity contribution in [3.8, 4) is 0 Å². The molecule has 19 heavy (non-hydrogen) atoms. The maximum absolute atomic E-state index is 3.43. The van der Waals surface area contributed by atoms with Crippen LogP contribution < -0.4 is 5.32 Å². The van der Waals surface area contributed by atoms with Gasteiger partial charge in [-0.2, -0.15) is 0 Å². The van der Waals surface area contributed by atoms with Gasteiger partial charge in [0.05, 0.1) is 0 Å². The highest BCUT2D eigenvalue weighted by atomic mass is 35.5. The lowest BCUT2D eigenvalue weighted by Crippen LogP contribution is -2.46. The Labute approximate surface area is 130 Å². The number of piperazine rings is 1. The molecule has 2 aliphatic carbocycles. The molecule has 1 saturated heterocycles. The Bertz CT molecular complexity index is 225. The van der Waals surface area contributed by atoms with Crippen molar-refractivity contribution in [1.82, 2.24) is 15.1 Å². The SMILES string of the molecule is C1CN(CCN(CC2CC2)CC2CC2)CCN1.Cl.Cl. The summed E-state index contributed by atoms with van der Waals surface area (Å²) in [6.45, 7) is 10.3. The van der Waals surface area contributed by atoms with Gasteiger partial charge in [-0.25, -0.2) is 0 Å². The first-order chi connectivity index (χ1) is 8.40. The molecule has 114 valence electrons. The van der Waals surface area contributed by atoms with Crippen LogP contribution in [0.4, 0.5) is 0 Å². The number of rotatable bonds is 7. The van der Waals surface area contributed by atoms with E-state index in [0.29, 0.717) is 0 Å². The molecule has 0 spiro atoms. The summed E-state index contributed by atoms with van der Waals surface area (Å²) < 4.78 is 0. The molecule has 2 saturated carbocycles. The first-order valence-electron chi connectivity index (χ1n) is 7.55. The van der Waals surface area contributed by atoms with Crippen LogP contribution in [0, 0.1) is 11.8 Å². The van der Waals surface area contributed by atoms with Gasteiger partial charge in [0.2, 0.25) is 0 Å². The molecule has 1 aliphatic heterocycles. The average Bonchev–Trinajstić information content (AvgIpc) is 3.23. The number of hydrogen-bond donors (Lipinski definition) is 1. The first-order valence-corrected chi connectivity index (χ1v) is 7.55. The Morgan fingerprint density at radius 2 is 1.42 bits per heavy atom. The third-order valence-electron chi connectivity index (χ3n) is 4.37. The van der Waals surface area contributed by atoms with Gasteiger partial charge in [-0.15, -0.1) is 24.8 Å². The monoisotopic (exact) mass is 309 g/mol. The van der Waals surface area contributed by atoms with E-state index in [2.05, 4.69) is 15.1 Å². The van der Waals surface area contributed by atoms with Crippen LogP contribution in [0.5, 0.6) is 0 Å². The molecule has 0 unspecified atom stereocenters. The molecule has 0 radical (unpaired) electrons. The maximum Gasteiger partial charge on any atom is 0.0110 e. The van der Waals surface area contributed by atoms with Gasteiger partial charge in [0.1, 0.15) is 0 Å². The Balaban J connectivity index is 0.000000902. The van der Waals surface area contributed by atoms with Crippen LogP contribution in [0.1, 0.15) is 25.7 Å². The minimum absolute atomic E-state index is 0. The molecule has 0 aromatic rings. The van der Waals surface area contributed by atoms with Crippen molar-refractivity contribution < 1.29 is 0 Å². The van der Waals surface area contributed by atoms with E-state index in [9.17, 15) is 0 Å². The second-order valence-electron chi connectivity index (χ2n) is 6.24. The van der Waals surface area contributed by atoms with Gasteiger partial charge < -0.3 is 10.2 Å². The van der Waals surface area contributed by atoms with Crippen molar-refractivity contribution in [3.05, 3.63) is 0 Å². The molecule has 0 aromatic heterocycles. The van der Waals surface area contributed by atoms with Gasteiger partial charge in [0.25, 0.3) is 0 Å². The highest BCUT2D eigenvalue weighted by molar-refractivity contribution is 5.85. The summed E-state index contributed by atoms with van der Waals surface area (Å²) in [6.07, 6.45) is 5.98. The Kier molecular flexibility index (Phi) is 8.00.